The van der Waals surface area contributed by atoms with Gasteiger partial charge in [-0.1, -0.05) is 36.4 Å². The Bertz CT molecular complexity index is 1050. The smallest absolute Gasteiger partial charge is 0.378 e. The van der Waals surface area contributed by atoms with Crippen LogP contribution < -0.4 is 15.5 Å². The Hall–Kier alpha value is -2.88. The third-order valence-electron chi connectivity index (χ3n) is 5.38. The van der Waals surface area contributed by atoms with E-state index in [2.05, 4.69) is 10.6 Å². The molecule has 0 unspecified atom stereocenters. The largest absolute Gasteiger partial charge is 0.416 e. The van der Waals surface area contributed by atoms with Crippen molar-refractivity contribution in [1.82, 2.24) is 5.32 Å². The Kier molecular flexibility index (Phi) is 7.32. The predicted octanol–water partition coefficient (Wildman–Crippen LogP) is 4.92. The molecule has 5 nitrogen and oxygen atoms in total. The summed E-state index contributed by atoms with van der Waals surface area (Å²) in [5.74, 6) is -0.415. The number of carbonyl (C=O) groups excluding carboxylic acids is 1. The van der Waals surface area contributed by atoms with Gasteiger partial charge < -0.3 is 15.0 Å². The summed E-state index contributed by atoms with van der Waals surface area (Å²) >= 11 is 1.57. The quantitative estimate of drug-likeness (QED) is 0.509. The summed E-state index contributed by atoms with van der Waals surface area (Å²) in [7, 11) is 0. The number of benzene rings is 2. The number of nitrogens with zero attached hydrogens (tertiary/aromatic N) is 1. The minimum Gasteiger partial charge on any atom is -0.378 e. The second kappa shape index (κ2) is 10.4. The zero-order valence-corrected chi connectivity index (χ0v) is 18.6. The maximum absolute atomic E-state index is 13.3. The molecule has 1 aromatic heterocycles. The van der Waals surface area contributed by atoms with Crippen LogP contribution in [0.4, 0.5) is 24.5 Å². The van der Waals surface area contributed by atoms with Crippen LogP contribution in [0, 0.1) is 0 Å². The molecule has 2 N–H and O–H groups in total. The van der Waals surface area contributed by atoms with Gasteiger partial charge in [0.05, 0.1) is 42.7 Å². The molecule has 1 fully saturated rings. The van der Waals surface area contributed by atoms with Gasteiger partial charge in [-0.05, 0) is 35.2 Å². The van der Waals surface area contributed by atoms with Crippen LogP contribution in [0.15, 0.2) is 66.0 Å². The third kappa shape index (κ3) is 5.93. The van der Waals surface area contributed by atoms with E-state index in [-0.39, 0.29) is 18.3 Å². The van der Waals surface area contributed by atoms with Crippen LogP contribution >= 0.6 is 11.3 Å². The maximum Gasteiger partial charge on any atom is 0.416 e. The van der Waals surface area contributed by atoms with Crippen LogP contribution in [0.2, 0.25) is 0 Å². The first-order valence-corrected chi connectivity index (χ1v) is 11.5. The molecule has 0 aliphatic carbocycles. The van der Waals surface area contributed by atoms with Gasteiger partial charge in [0.2, 0.25) is 5.91 Å². The molecular weight excluding hydrogens is 451 g/mol. The highest BCUT2D eigenvalue weighted by molar-refractivity contribution is 7.10. The Morgan fingerprint density at radius 2 is 1.82 bits per heavy atom. The predicted molar refractivity (Wildman–Crippen MR) is 124 cm³/mol. The number of hydrogen-bond acceptors (Lipinski definition) is 5. The molecule has 2 aromatic carbocycles. The molecule has 1 amide bonds. The standard InChI is InChI=1S/C24H24F3N3O2S/c25-24(26,27)18-8-9-20(30-10-12-32-13-11-30)19(15-18)29-22(31)16-28-23(21-7-4-14-33-21)17-5-2-1-3-6-17/h1-9,14-15,23,28H,10-13,16H2,(H,29,31)/t23-/m0/s1. The summed E-state index contributed by atoms with van der Waals surface area (Å²) in [5.41, 5.74) is 0.896. The van der Waals surface area contributed by atoms with E-state index < -0.39 is 17.6 Å². The van der Waals surface area contributed by atoms with Crippen molar-refractivity contribution in [2.75, 3.05) is 43.1 Å². The molecule has 4 rings (SSSR count). The number of nitrogens with one attached hydrogen (secondary N) is 2. The lowest BCUT2D eigenvalue weighted by Crippen LogP contribution is -2.37. The van der Waals surface area contributed by atoms with Crippen LogP contribution in [0.3, 0.4) is 0 Å². The molecule has 1 saturated heterocycles. The highest BCUT2D eigenvalue weighted by atomic mass is 32.1. The SMILES string of the molecule is O=C(CN[C@@H](c1ccccc1)c1cccs1)Nc1cc(C(F)(F)F)ccc1N1CCOCC1. The number of anilines is 2. The first-order valence-electron chi connectivity index (χ1n) is 10.6. The number of ether oxygens (including phenoxy) is 1. The fourth-order valence-electron chi connectivity index (χ4n) is 3.77. The van der Waals surface area contributed by atoms with E-state index in [0.29, 0.717) is 32.0 Å². The molecular formula is C24H24F3N3O2S. The van der Waals surface area contributed by atoms with Crippen molar-refractivity contribution in [3.63, 3.8) is 0 Å². The zero-order valence-electron chi connectivity index (χ0n) is 17.8. The van der Waals surface area contributed by atoms with Gasteiger partial charge in [-0.15, -0.1) is 11.3 Å². The second-order valence-corrected chi connectivity index (χ2v) is 8.60. The number of alkyl halides is 3. The van der Waals surface area contributed by atoms with Crippen molar-refractivity contribution < 1.29 is 22.7 Å². The van der Waals surface area contributed by atoms with Crippen LogP contribution in [-0.4, -0.2) is 38.8 Å². The minimum absolute atomic E-state index is 0.0593. The van der Waals surface area contributed by atoms with Crippen LogP contribution in [0.1, 0.15) is 22.0 Å². The van der Waals surface area contributed by atoms with E-state index in [9.17, 15) is 18.0 Å². The Balaban J connectivity index is 1.52. The number of carbonyl (C=O) groups is 1. The molecule has 2 heterocycles. The van der Waals surface area contributed by atoms with Crippen molar-refractivity contribution in [2.45, 2.75) is 12.2 Å². The molecule has 0 saturated carbocycles. The molecule has 174 valence electrons. The van der Waals surface area contributed by atoms with Gasteiger partial charge in [-0.25, -0.2) is 0 Å². The van der Waals surface area contributed by atoms with Gasteiger partial charge in [0.15, 0.2) is 0 Å². The van der Waals surface area contributed by atoms with E-state index in [1.807, 2.05) is 52.7 Å². The number of hydrogen-bond donors (Lipinski definition) is 2. The fourth-order valence-corrected chi connectivity index (χ4v) is 4.59. The summed E-state index contributed by atoms with van der Waals surface area (Å²) in [6, 6.07) is 16.9. The molecule has 1 aliphatic rings. The topological polar surface area (TPSA) is 53.6 Å². The van der Waals surface area contributed by atoms with E-state index >= 15 is 0 Å². The lowest BCUT2D eigenvalue weighted by molar-refractivity contribution is -0.137. The summed E-state index contributed by atoms with van der Waals surface area (Å²) < 4.78 is 45.3. The first kappa shape index (κ1) is 23.3. The Labute approximate surface area is 194 Å². The Morgan fingerprint density at radius 3 is 2.48 bits per heavy atom. The first-order chi connectivity index (χ1) is 15.9. The van der Waals surface area contributed by atoms with Crippen molar-refractivity contribution in [3.05, 3.63) is 82.0 Å². The van der Waals surface area contributed by atoms with Gasteiger partial charge in [0.1, 0.15) is 0 Å². The number of thiophene rings is 1. The average molecular weight is 476 g/mol. The minimum atomic E-state index is -4.50. The van der Waals surface area contributed by atoms with Crippen molar-refractivity contribution >= 4 is 28.6 Å². The monoisotopic (exact) mass is 475 g/mol. The van der Waals surface area contributed by atoms with Crippen molar-refractivity contribution in [3.8, 4) is 0 Å². The molecule has 1 atom stereocenters. The second-order valence-electron chi connectivity index (χ2n) is 7.62. The van der Waals surface area contributed by atoms with E-state index in [1.54, 1.807) is 11.3 Å². The number of halogens is 3. The van der Waals surface area contributed by atoms with Gasteiger partial charge in [-0.2, -0.15) is 13.2 Å². The number of morpholine rings is 1. The molecule has 0 radical (unpaired) electrons. The van der Waals surface area contributed by atoms with E-state index in [4.69, 9.17) is 4.74 Å². The van der Waals surface area contributed by atoms with Crippen LogP contribution in [0.25, 0.3) is 0 Å². The fraction of sp³-hybridized carbons (Fsp3) is 0.292. The molecule has 9 heteroatoms. The van der Waals surface area contributed by atoms with Crippen molar-refractivity contribution in [2.24, 2.45) is 0 Å². The summed E-state index contributed by atoms with van der Waals surface area (Å²) in [6.45, 7) is 1.99. The molecule has 1 aliphatic heterocycles. The lowest BCUT2D eigenvalue weighted by atomic mass is 10.1. The number of rotatable bonds is 7. The summed E-state index contributed by atoms with van der Waals surface area (Å²) in [5, 5.41) is 7.90. The third-order valence-corrected chi connectivity index (χ3v) is 6.31. The molecule has 33 heavy (non-hydrogen) atoms. The molecule has 0 spiro atoms. The highest BCUT2D eigenvalue weighted by Gasteiger charge is 2.32. The summed E-state index contributed by atoms with van der Waals surface area (Å²) in [6.07, 6.45) is -4.50. The Morgan fingerprint density at radius 1 is 1.06 bits per heavy atom. The molecule has 0 bridgehead atoms. The molecule has 3 aromatic rings. The van der Waals surface area contributed by atoms with E-state index in [1.165, 1.54) is 6.07 Å². The van der Waals surface area contributed by atoms with Gasteiger partial charge >= 0.3 is 6.18 Å². The maximum atomic E-state index is 13.3. The number of amides is 1. The lowest BCUT2D eigenvalue weighted by Gasteiger charge is -2.31. The van der Waals surface area contributed by atoms with Crippen LogP contribution in [-0.2, 0) is 15.7 Å². The zero-order chi connectivity index (χ0) is 23.3. The average Bonchev–Trinajstić information content (AvgIpc) is 3.34. The van der Waals surface area contributed by atoms with Gasteiger partial charge in [0, 0.05) is 18.0 Å². The van der Waals surface area contributed by atoms with Gasteiger partial charge in [-0.3, -0.25) is 10.1 Å². The van der Waals surface area contributed by atoms with Crippen LogP contribution in [0.5, 0.6) is 0 Å². The van der Waals surface area contributed by atoms with Crippen molar-refractivity contribution in [1.29, 1.82) is 0 Å². The highest BCUT2D eigenvalue weighted by Crippen LogP contribution is 2.36. The van der Waals surface area contributed by atoms with E-state index in [0.717, 1.165) is 22.6 Å². The normalized spacial score (nSPS) is 15.3. The van der Waals surface area contributed by atoms with Gasteiger partial charge in [0.25, 0.3) is 0 Å². The summed E-state index contributed by atoms with van der Waals surface area (Å²) in [4.78, 5) is 15.8.